The van der Waals surface area contributed by atoms with Gasteiger partial charge in [-0.15, -0.1) is 0 Å². The molecule has 0 unspecified atom stereocenters. The van der Waals surface area contributed by atoms with Crippen LogP contribution < -0.4 is 5.32 Å². The average Bonchev–Trinajstić information content (AvgIpc) is 2.80. The van der Waals surface area contributed by atoms with Crippen molar-refractivity contribution in [1.82, 2.24) is 10.2 Å². The van der Waals surface area contributed by atoms with Crippen molar-refractivity contribution in [3.05, 3.63) is 24.2 Å². The molecule has 1 N–H and O–H groups in total. The summed E-state index contributed by atoms with van der Waals surface area (Å²) in [6.07, 6.45) is 5.53. The lowest BCUT2D eigenvalue weighted by Gasteiger charge is -2.31. The standard InChI is InChI=1S/C12H18N2O2/c1-10(15)14-5-2-12(3-6-14)13-8-11-4-7-16-9-11/h4,7,9,12-13H,2-3,5-6,8H2,1H3. The van der Waals surface area contributed by atoms with E-state index in [-0.39, 0.29) is 5.91 Å². The summed E-state index contributed by atoms with van der Waals surface area (Å²) >= 11 is 0. The first kappa shape index (κ1) is 11.2. The first-order valence-corrected chi connectivity index (χ1v) is 5.75. The average molecular weight is 222 g/mol. The molecule has 1 saturated heterocycles. The third-order valence-corrected chi connectivity index (χ3v) is 3.12. The van der Waals surface area contributed by atoms with Gasteiger partial charge in [0, 0.05) is 38.2 Å². The minimum Gasteiger partial charge on any atom is -0.472 e. The maximum atomic E-state index is 11.1. The van der Waals surface area contributed by atoms with Gasteiger partial charge in [0.05, 0.1) is 12.5 Å². The molecule has 0 atom stereocenters. The van der Waals surface area contributed by atoms with E-state index < -0.39 is 0 Å². The molecule has 0 bridgehead atoms. The van der Waals surface area contributed by atoms with Crippen molar-refractivity contribution in [3.63, 3.8) is 0 Å². The minimum atomic E-state index is 0.188. The molecular weight excluding hydrogens is 204 g/mol. The number of nitrogens with zero attached hydrogens (tertiary/aromatic N) is 1. The molecule has 1 amide bonds. The van der Waals surface area contributed by atoms with Crippen LogP contribution in [-0.4, -0.2) is 29.9 Å². The minimum absolute atomic E-state index is 0.188. The zero-order chi connectivity index (χ0) is 11.4. The molecule has 1 aliphatic rings. The Balaban J connectivity index is 1.71. The van der Waals surface area contributed by atoms with E-state index in [2.05, 4.69) is 5.32 Å². The molecule has 1 aromatic heterocycles. The van der Waals surface area contributed by atoms with Crippen LogP contribution in [0.1, 0.15) is 25.3 Å². The van der Waals surface area contributed by atoms with Crippen molar-refractivity contribution in [2.24, 2.45) is 0 Å². The molecule has 0 aliphatic carbocycles. The zero-order valence-corrected chi connectivity index (χ0v) is 9.61. The van der Waals surface area contributed by atoms with Crippen LogP contribution in [0.25, 0.3) is 0 Å². The van der Waals surface area contributed by atoms with E-state index in [1.54, 1.807) is 19.5 Å². The molecule has 1 aliphatic heterocycles. The number of rotatable bonds is 3. The molecule has 2 rings (SSSR count). The Kier molecular flexibility index (Phi) is 3.62. The molecule has 16 heavy (non-hydrogen) atoms. The Labute approximate surface area is 95.6 Å². The third kappa shape index (κ3) is 2.85. The Hall–Kier alpha value is -1.29. The number of hydrogen-bond donors (Lipinski definition) is 1. The van der Waals surface area contributed by atoms with Crippen LogP contribution in [0.4, 0.5) is 0 Å². The normalized spacial score (nSPS) is 17.7. The number of carbonyl (C=O) groups is 1. The van der Waals surface area contributed by atoms with Crippen molar-refractivity contribution in [2.45, 2.75) is 32.4 Å². The number of likely N-dealkylation sites (tertiary alicyclic amines) is 1. The summed E-state index contributed by atoms with van der Waals surface area (Å²) in [5, 5.41) is 3.49. The maximum Gasteiger partial charge on any atom is 0.219 e. The topological polar surface area (TPSA) is 45.5 Å². The Morgan fingerprint density at radius 1 is 1.56 bits per heavy atom. The lowest BCUT2D eigenvalue weighted by molar-refractivity contribution is -0.129. The van der Waals surface area contributed by atoms with Gasteiger partial charge in [-0.2, -0.15) is 0 Å². The van der Waals surface area contributed by atoms with Gasteiger partial charge in [-0.3, -0.25) is 4.79 Å². The fourth-order valence-corrected chi connectivity index (χ4v) is 2.05. The molecule has 1 aromatic rings. The van der Waals surface area contributed by atoms with Gasteiger partial charge in [-0.25, -0.2) is 0 Å². The van der Waals surface area contributed by atoms with Gasteiger partial charge in [0.2, 0.25) is 5.91 Å². The smallest absolute Gasteiger partial charge is 0.219 e. The maximum absolute atomic E-state index is 11.1. The fourth-order valence-electron chi connectivity index (χ4n) is 2.05. The summed E-state index contributed by atoms with van der Waals surface area (Å²) in [6.45, 7) is 4.23. The van der Waals surface area contributed by atoms with Crippen LogP contribution in [0.15, 0.2) is 23.0 Å². The highest BCUT2D eigenvalue weighted by Crippen LogP contribution is 2.11. The summed E-state index contributed by atoms with van der Waals surface area (Å²) in [6, 6.07) is 2.49. The van der Waals surface area contributed by atoms with Gasteiger partial charge in [-0.05, 0) is 18.9 Å². The predicted molar refractivity (Wildman–Crippen MR) is 60.8 cm³/mol. The quantitative estimate of drug-likeness (QED) is 0.840. The fraction of sp³-hybridized carbons (Fsp3) is 0.583. The summed E-state index contributed by atoms with van der Waals surface area (Å²) in [7, 11) is 0. The number of hydrogen-bond acceptors (Lipinski definition) is 3. The Bertz CT molecular complexity index is 327. The molecule has 0 spiro atoms. The second-order valence-electron chi connectivity index (χ2n) is 4.29. The van der Waals surface area contributed by atoms with Crippen LogP contribution in [-0.2, 0) is 11.3 Å². The number of furan rings is 1. The van der Waals surface area contributed by atoms with Gasteiger partial charge in [-0.1, -0.05) is 0 Å². The van der Waals surface area contributed by atoms with Gasteiger partial charge in [0.15, 0.2) is 0 Å². The van der Waals surface area contributed by atoms with Crippen LogP contribution in [0, 0.1) is 0 Å². The predicted octanol–water partition coefficient (Wildman–Crippen LogP) is 1.38. The van der Waals surface area contributed by atoms with Crippen molar-refractivity contribution in [3.8, 4) is 0 Å². The highest BCUT2D eigenvalue weighted by atomic mass is 16.3. The first-order chi connectivity index (χ1) is 7.75. The van der Waals surface area contributed by atoms with E-state index in [4.69, 9.17) is 4.42 Å². The number of amides is 1. The summed E-state index contributed by atoms with van der Waals surface area (Å²) < 4.78 is 5.01. The molecular formula is C12H18N2O2. The van der Waals surface area contributed by atoms with Gasteiger partial charge in [0.25, 0.3) is 0 Å². The van der Waals surface area contributed by atoms with Gasteiger partial charge >= 0.3 is 0 Å². The number of carbonyl (C=O) groups excluding carboxylic acids is 1. The highest BCUT2D eigenvalue weighted by molar-refractivity contribution is 5.73. The SMILES string of the molecule is CC(=O)N1CCC(NCc2ccoc2)CC1. The number of nitrogens with one attached hydrogen (secondary N) is 1. The van der Waals surface area contributed by atoms with E-state index in [0.717, 1.165) is 32.5 Å². The monoisotopic (exact) mass is 222 g/mol. The Morgan fingerprint density at radius 2 is 2.31 bits per heavy atom. The molecule has 1 fully saturated rings. The van der Waals surface area contributed by atoms with Gasteiger partial charge in [0.1, 0.15) is 0 Å². The van der Waals surface area contributed by atoms with E-state index in [1.807, 2.05) is 11.0 Å². The molecule has 0 saturated carbocycles. The molecule has 0 radical (unpaired) electrons. The van der Waals surface area contributed by atoms with Crippen LogP contribution >= 0.6 is 0 Å². The number of piperidine rings is 1. The van der Waals surface area contributed by atoms with Crippen molar-refractivity contribution in [1.29, 1.82) is 0 Å². The first-order valence-electron chi connectivity index (χ1n) is 5.75. The lowest BCUT2D eigenvalue weighted by Crippen LogP contribution is -2.43. The summed E-state index contributed by atoms with van der Waals surface area (Å²) in [5.41, 5.74) is 1.17. The van der Waals surface area contributed by atoms with Gasteiger partial charge < -0.3 is 14.6 Å². The van der Waals surface area contributed by atoms with Crippen molar-refractivity contribution >= 4 is 5.91 Å². The molecule has 0 aromatic carbocycles. The summed E-state index contributed by atoms with van der Waals surface area (Å²) in [5.74, 6) is 0.188. The Morgan fingerprint density at radius 3 is 2.88 bits per heavy atom. The molecule has 88 valence electrons. The summed E-state index contributed by atoms with van der Waals surface area (Å²) in [4.78, 5) is 13.1. The second kappa shape index (κ2) is 5.16. The highest BCUT2D eigenvalue weighted by Gasteiger charge is 2.19. The molecule has 4 nitrogen and oxygen atoms in total. The zero-order valence-electron chi connectivity index (χ0n) is 9.61. The van der Waals surface area contributed by atoms with Crippen LogP contribution in [0.5, 0.6) is 0 Å². The molecule has 4 heteroatoms. The van der Waals surface area contributed by atoms with Crippen molar-refractivity contribution < 1.29 is 9.21 Å². The van der Waals surface area contributed by atoms with Crippen molar-refractivity contribution in [2.75, 3.05) is 13.1 Å². The van der Waals surface area contributed by atoms with E-state index in [9.17, 15) is 4.79 Å². The van der Waals surface area contributed by atoms with E-state index in [0.29, 0.717) is 6.04 Å². The van der Waals surface area contributed by atoms with Crippen LogP contribution in [0.2, 0.25) is 0 Å². The largest absolute Gasteiger partial charge is 0.472 e. The van der Waals surface area contributed by atoms with E-state index >= 15 is 0 Å². The second-order valence-corrected chi connectivity index (χ2v) is 4.29. The van der Waals surface area contributed by atoms with Crippen LogP contribution in [0.3, 0.4) is 0 Å². The van der Waals surface area contributed by atoms with E-state index in [1.165, 1.54) is 5.56 Å². The lowest BCUT2D eigenvalue weighted by atomic mass is 10.0. The third-order valence-electron chi connectivity index (χ3n) is 3.12. The molecule has 2 heterocycles.